The molecule has 7 nitrogen and oxygen atoms in total. The average Bonchev–Trinajstić information content (AvgIpc) is 2.55. The summed E-state index contributed by atoms with van der Waals surface area (Å²) in [6.45, 7) is 0. The first-order valence-corrected chi connectivity index (χ1v) is 8.61. The third-order valence-electron chi connectivity index (χ3n) is 3.31. The van der Waals surface area contributed by atoms with Crippen molar-refractivity contribution in [3.63, 3.8) is 0 Å². The van der Waals surface area contributed by atoms with Gasteiger partial charge in [-0.2, -0.15) is 5.26 Å². The van der Waals surface area contributed by atoms with Crippen LogP contribution in [0.1, 0.15) is 5.56 Å². The summed E-state index contributed by atoms with van der Waals surface area (Å²) >= 11 is 5.98. The van der Waals surface area contributed by atoms with Crippen molar-refractivity contribution in [2.24, 2.45) is 4.40 Å². The van der Waals surface area contributed by atoms with Crippen molar-refractivity contribution in [1.29, 1.82) is 5.26 Å². The number of anilines is 2. The molecule has 24 heavy (non-hydrogen) atoms. The Morgan fingerprint density at radius 1 is 1.33 bits per heavy atom. The number of halogens is 1. The Kier molecular flexibility index (Phi) is 4.26. The molecule has 3 rings (SSSR count). The number of ether oxygens (including phenoxy) is 1. The summed E-state index contributed by atoms with van der Waals surface area (Å²) < 4.78 is 29.8. The minimum Gasteiger partial charge on any atom is -0.494 e. The highest BCUT2D eigenvalue weighted by atomic mass is 35.5. The number of rotatable bonds is 2. The van der Waals surface area contributed by atoms with Crippen LogP contribution in [0.5, 0.6) is 5.75 Å². The highest BCUT2D eigenvalue weighted by Crippen LogP contribution is 2.57. The molecule has 2 aromatic carbocycles. The monoisotopic (exact) mass is 364 g/mol. The molecular formula is C15H13ClN4O3S. The quantitative estimate of drug-likeness (QED) is 0.637. The second-order valence-electron chi connectivity index (χ2n) is 4.85. The first kappa shape index (κ1) is 16.4. The molecular weight excluding hydrogens is 352 g/mol. The Bertz CT molecular complexity index is 880. The van der Waals surface area contributed by atoms with Gasteiger partial charge in [0.15, 0.2) is 0 Å². The Hall–Kier alpha value is -2.44. The number of nitriles is 1. The van der Waals surface area contributed by atoms with Crippen molar-refractivity contribution in [3.8, 4) is 11.8 Å². The number of guanidine groups is 1. The van der Waals surface area contributed by atoms with Gasteiger partial charge < -0.3 is 15.4 Å². The SMILES string of the molecule is COc1cc(Cl)cc2c1NC(Nc1ccccc1C#N)=NS2(O)O. The highest BCUT2D eigenvalue weighted by molar-refractivity contribution is 8.23. The van der Waals surface area contributed by atoms with Crippen LogP contribution < -0.4 is 15.4 Å². The van der Waals surface area contributed by atoms with E-state index in [1.165, 1.54) is 13.2 Å². The second kappa shape index (κ2) is 6.22. The lowest BCUT2D eigenvalue weighted by atomic mass is 10.2. The van der Waals surface area contributed by atoms with Gasteiger partial charge in [0.1, 0.15) is 22.4 Å². The summed E-state index contributed by atoms with van der Waals surface area (Å²) in [6.07, 6.45) is 0. The van der Waals surface area contributed by atoms with Crippen molar-refractivity contribution in [2.75, 3.05) is 17.7 Å². The summed E-state index contributed by atoms with van der Waals surface area (Å²) in [5.41, 5.74) is 1.24. The molecule has 1 aliphatic heterocycles. The maximum Gasteiger partial charge on any atom is 0.223 e. The van der Waals surface area contributed by atoms with Crippen LogP contribution in [0.4, 0.5) is 11.4 Å². The number of hydrogen-bond acceptors (Lipinski definition) is 7. The van der Waals surface area contributed by atoms with E-state index in [1.807, 2.05) is 6.07 Å². The van der Waals surface area contributed by atoms with Crippen LogP contribution >= 0.6 is 22.4 Å². The number of nitrogens with one attached hydrogen (secondary N) is 2. The van der Waals surface area contributed by atoms with Gasteiger partial charge in [-0.1, -0.05) is 34.5 Å². The predicted molar refractivity (Wildman–Crippen MR) is 95.0 cm³/mol. The van der Waals surface area contributed by atoms with Gasteiger partial charge in [-0.15, -0.1) is 4.40 Å². The zero-order chi connectivity index (χ0) is 17.3. The van der Waals surface area contributed by atoms with Crippen molar-refractivity contribution in [2.45, 2.75) is 4.90 Å². The lowest BCUT2D eigenvalue weighted by molar-refractivity contribution is 0.415. The molecule has 0 fully saturated rings. The number of fused-ring (bicyclic) bond motifs is 1. The minimum absolute atomic E-state index is 0.0887. The summed E-state index contributed by atoms with van der Waals surface area (Å²) in [5.74, 6) is 0.436. The normalized spacial score (nSPS) is 16.0. The molecule has 9 heteroatoms. The van der Waals surface area contributed by atoms with Crippen molar-refractivity contribution in [3.05, 3.63) is 47.0 Å². The van der Waals surface area contributed by atoms with Crippen LogP contribution in [-0.2, 0) is 0 Å². The van der Waals surface area contributed by atoms with E-state index in [0.29, 0.717) is 27.7 Å². The fourth-order valence-corrected chi connectivity index (χ4v) is 3.67. The van der Waals surface area contributed by atoms with Gasteiger partial charge in [0.25, 0.3) is 0 Å². The zero-order valence-corrected chi connectivity index (χ0v) is 14.0. The fraction of sp³-hybridized carbons (Fsp3) is 0.0667. The van der Waals surface area contributed by atoms with E-state index in [1.54, 1.807) is 30.3 Å². The fourth-order valence-electron chi connectivity index (χ4n) is 2.25. The van der Waals surface area contributed by atoms with Gasteiger partial charge >= 0.3 is 0 Å². The molecule has 1 aliphatic rings. The third kappa shape index (κ3) is 2.98. The number of benzene rings is 2. The number of para-hydroxylation sites is 1. The van der Waals surface area contributed by atoms with Gasteiger partial charge in [-0.3, -0.25) is 9.11 Å². The van der Waals surface area contributed by atoms with Crippen molar-refractivity contribution >= 4 is 39.7 Å². The van der Waals surface area contributed by atoms with Crippen molar-refractivity contribution in [1.82, 2.24) is 0 Å². The first-order chi connectivity index (χ1) is 11.4. The molecule has 0 saturated heterocycles. The van der Waals surface area contributed by atoms with E-state index in [4.69, 9.17) is 21.6 Å². The molecule has 0 unspecified atom stereocenters. The molecule has 1 heterocycles. The van der Waals surface area contributed by atoms with Crippen LogP contribution in [0.25, 0.3) is 0 Å². The highest BCUT2D eigenvalue weighted by Gasteiger charge is 2.29. The molecule has 124 valence electrons. The van der Waals surface area contributed by atoms with Gasteiger partial charge in [0, 0.05) is 11.1 Å². The Labute approximate surface area is 145 Å². The topological polar surface area (TPSA) is 110 Å². The molecule has 0 saturated carbocycles. The molecule has 0 atom stereocenters. The Morgan fingerprint density at radius 2 is 2.08 bits per heavy atom. The molecule has 4 N–H and O–H groups in total. The minimum atomic E-state index is -3.47. The summed E-state index contributed by atoms with van der Waals surface area (Å²) in [7, 11) is -2.02. The van der Waals surface area contributed by atoms with Crippen molar-refractivity contribution < 1.29 is 13.8 Å². The summed E-state index contributed by atoms with van der Waals surface area (Å²) in [4.78, 5) is 0.144. The zero-order valence-electron chi connectivity index (χ0n) is 12.4. The Balaban J connectivity index is 2.02. The molecule has 0 aliphatic carbocycles. The van der Waals surface area contributed by atoms with E-state index in [0.717, 1.165) is 0 Å². The van der Waals surface area contributed by atoms with E-state index in [9.17, 15) is 9.11 Å². The largest absolute Gasteiger partial charge is 0.494 e. The predicted octanol–water partition coefficient (Wildman–Crippen LogP) is 4.14. The number of nitrogens with zero attached hydrogens (tertiary/aromatic N) is 2. The third-order valence-corrected chi connectivity index (χ3v) is 4.88. The number of methoxy groups -OCH3 is 1. The molecule has 0 bridgehead atoms. The van der Waals surface area contributed by atoms with Crippen LogP contribution in [0.15, 0.2) is 45.7 Å². The average molecular weight is 365 g/mol. The maximum absolute atomic E-state index is 10.3. The smallest absolute Gasteiger partial charge is 0.223 e. The van der Waals surface area contributed by atoms with E-state index in [2.05, 4.69) is 15.0 Å². The molecule has 0 radical (unpaired) electrons. The second-order valence-corrected chi connectivity index (χ2v) is 6.94. The Morgan fingerprint density at radius 3 is 2.79 bits per heavy atom. The lowest BCUT2D eigenvalue weighted by Crippen LogP contribution is -2.27. The van der Waals surface area contributed by atoms with E-state index in [-0.39, 0.29) is 10.9 Å². The maximum atomic E-state index is 10.3. The van der Waals surface area contributed by atoms with Gasteiger partial charge in [0.05, 0.1) is 18.4 Å². The number of hydrogen-bond donors (Lipinski definition) is 4. The van der Waals surface area contributed by atoms with Crippen LogP contribution in [-0.4, -0.2) is 22.2 Å². The van der Waals surface area contributed by atoms with Gasteiger partial charge in [-0.05, 0) is 18.2 Å². The standard InChI is InChI=1S/C15H13ClN4O3S/c1-23-12-6-10(16)7-13-14(12)19-15(20-24(13,21)22)18-11-5-3-2-4-9(11)8-17/h2-7,21-22H,1H3,(H2,18,19,20). The van der Waals surface area contributed by atoms with Crippen LogP contribution in [0.3, 0.4) is 0 Å². The lowest BCUT2D eigenvalue weighted by Gasteiger charge is -2.34. The molecule has 2 aromatic rings. The van der Waals surface area contributed by atoms with E-state index >= 15 is 0 Å². The molecule has 0 spiro atoms. The molecule has 0 aromatic heterocycles. The van der Waals surface area contributed by atoms with Crippen LogP contribution in [0, 0.1) is 11.3 Å². The van der Waals surface area contributed by atoms with Gasteiger partial charge in [-0.25, -0.2) is 0 Å². The van der Waals surface area contributed by atoms with Gasteiger partial charge in [0.2, 0.25) is 5.96 Å². The van der Waals surface area contributed by atoms with E-state index < -0.39 is 10.8 Å². The molecule has 0 amide bonds. The van der Waals surface area contributed by atoms with Crippen LogP contribution in [0.2, 0.25) is 5.02 Å². The summed E-state index contributed by atoms with van der Waals surface area (Å²) in [5, 5.41) is 15.3. The first-order valence-electron chi connectivity index (χ1n) is 6.73. The summed E-state index contributed by atoms with van der Waals surface area (Å²) in [6, 6.07) is 11.8.